The molecule has 1 heterocycles. The number of rotatable bonds is 5. The van der Waals surface area contributed by atoms with Crippen LogP contribution < -0.4 is 11.3 Å². The fourth-order valence-corrected chi connectivity index (χ4v) is 3.19. The van der Waals surface area contributed by atoms with Crippen LogP contribution in [0.2, 0.25) is 0 Å². The van der Waals surface area contributed by atoms with Gasteiger partial charge in [0.2, 0.25) is 11.8 Å². The highest BCUT2D eigenvalue weighted by atomic mass is 16.3. The molecule has 7 heteroatoms. The number of nitrogens with one attached hydrogen (secondary N) is 1. The number of hydrogen-bond acceptors (Lipinski definition) is 5. The summed E-state index contributed by atoms with van der Waals surface area (Å²) in [5, 5.41) is 9.27. The van der Waals surface area contributed by atoms with Crippen LogP contribution >= 0.6 is 0 Å². The Morgan fingerprint density at radius 1 is 1.33 bits per heavy atom. The molecule has 0 atom stereocenters. The summed E-state index contributed by atoms with van der Waals surface area (Å²) in [4.78, 5) is 27.5. The van der Waals surface area contributed by atoms with E-state index in [9.17, 15) is 14.7 Å². The van der Waals surface area contributed by atoms with Crippen LogP contribution in [0.1, 0.15) is 25.7 Å². The maximum absolute atomic E-state index is 12.2. The number of hydrazine groups is 1. The van der Waals surface area contributed by atoms with Gasteiger partial charge in [0, 0.05) is 25.6 Å². The smallest absolute Gasteiger partial charge is 0.237 e. The molecule has 1 saturated carbocycles. The van der Waals surface area contributed by atoms with E-state index in [-0.39, 0.29) is 23.8 Å². The lowest BCUT2D eigenvalue weighted by molar-refractivity contribution is -0.136. The fourth-order valence-electron chi connectivity index (χ4n) is 3.19. The molecular weight excluding hydrogens is 272 g/mol. The minimum absolute atomic E-state index is 0.0757. The number of amides is 2. The molecule has 2 amide bonds. The van der Waals surface area contributed by atoms with E-state index in [2.05, 4.69) is 5.43 Å². The molecule has 0 radical (unpaired) electrons. The number of aliphatic hydroxyl groups is 1. The topological polar surface area (TPSA) is 98.9 Å². The predicted octanol–water partition coefficient (Wildman–Crippen LogP) is -1.08. The molecule has 21 heavy (non-hydrogen) atoms. The first-order valence-corrected chi connectivity index (χ1v) is 7.64. The van der Waals surface area contributed by atoms with Crippen LogP contribution in [-0.2, 0) is 9.59 Å². The van der Waals surface area contributed by atoms with Crippen LogP contribution in [0.5, 0.6) is 0 Å². The van der Waals surface area contributed by atoms with Crippen LogP contribution in [0, 0.1) is 11.8 Å². The summed E-state index contributed by atoms with van der Waals surface area (Å²) in [6, 6.07) is 0. The first kappa shape index (κ1) is 16.2. The average Bonchev–Trinajstić information content (AvgIpc) is 2.44. The Morgan fingerprint density at radius 2 is 1.95 bits per heavy atom. The zero-order valence-corrected chi connectivity index (χ0v) is 12.6. The minimum Gasteiger partial charge on any atom is -0.393 e. The number of hydrogen-bond donors (Lipinski definition) is 3. The number of carbonyl (C=O) groups excluding carboxylic acids is 2. The number of piperidine rings is 1. The lowest BCUT2D eigenvalue weighted by Crippen LogP contribution is -2.47. The summed E-state index contributed by atoms with van der Waals surface area (Å²) in [5.74, 6) is 5.55. The second kappa shape index (κ2) is 7.20. The van der Waals surface area contributed by atoms with Crippen LogP contribution in [-0.4, -0.2) is 66.1 Å². The third kappa shape index (κ3) is 4.39. The maximum Gasteiger partial charge on any atom is 0.237 e. The van der Waals surface area contributed by atoms with Gasteiger partial charge in [-0.1, -0.05) is 0 Å². The Morgan fingerprint density at radius 3 is 2.48 bits per heavy atom. The predicted molar refractivity (Wildman–Crippen MR) is 77.9 cm³/mol. The average molecular weight is 298 g/mol. The monoisotopic (exact) mass is 298 g/mol. The summed E-state index contributed by atoms with van der Waals surface area (Å²) < 4.78 is 0. The van der Waals surface area contributed by atoms with Crippen molar-refractivity contribution in [2.75, 3.05) is 33.2 Å². The van der Waals surface area contributed by atoms with Crippen molar-refractivity contribution in [1.82, 2.24) is 15.2 Å². The van der Waals surface area contributed by atoms with Gasteiger partial charge >= 0.3 is 0 Å². The molecule has 0 aromatic heterocycles. The Bertz CT molecular complexity index is 376. The van der Waals surface area contributed by atoms with Gasteiger partial charge in [-0.25, -0.2) is 5.84 Å². The van der Waals surface area contributed by atoms with Crippen molar-refractivity contribution in [2.24, 2.45) is 17.7 Å². The molecule has 2 aliphatic rings. The fraction of sp³-hybridized carbons (Fsp3) is 0.857. The SMILES string of the molecule is CN(CC(=O)N1CCC(C(=O)NN)CC1)CC1CC(O)C1. The molecule has 0 aromatic rings. The van der Waals surface area contributed by atoms with Gasteiger partial charge in [0.1, 0.15) is 0 Å². The molecule has 1 saturated heterocycles. The summed E-state index contributed by atoms with van der Waals surface area (Å²) in [6.07, 6.45) is 2.89. The van der Waals surface area contributed by atoms with Gasteiger partial charge in [-0.2, -0.15) is 0 Å². The van der Waals surface area contributed by atoms with Crippen LogP contribution in [0.4, 0.5) is 0 Å². The van der Waals surface area contributed by atoms with Crippen molar-refractivity contribution < 1.29 is 14.7 Å². The van der Waals surface area contributed by atoms with Crippen LogP contribution in [0.15, 0.2) is 0 Å². The van der Waals surface area contributed by atoms with Crippen molar-refractivity contribution in [3.05, 3.63) is 0 Å². The number of likely N-dealkylation sites (N-methyl/N-ethyl adjacent to an activating group) is 1. The van der Waals surface area contributed by atoms with E-state index < -0.39 is 0 Å². The van der Waals surface area contributed by atoms with Crippen molar-refractivity contribution in [2.45, 2.75) is 31.8 Å². The van der Waals surface area contributed by atoms with E-state index in [1.165, 1.54) is 0 Å². The molecule has 1 aliphatic heterocycles. The number of aliphatic hydroxyl groups excluding tert-OH is 1. The first-order chi connectivity index (χ1) is 9.99. The van der Waals surface area contributed by atoms with E-state index in [1.54, 1.807) is 0 Å². The van der Waals surface area contributed by atoms with Crippen molar-refractivity contribution >= 4 is 11.8 Å². The number of likely N-dealkylation sites (tertiary alicyclic amines) is 1. The van der Waals surface area contributed by atoms with Crippen LogP contribution in [0.25, 0.3) is 0 Å². The third-order valence-electron chi connectivity index (χ3n) is 4.55. The molecule has 0 bridgehead atoms. The highest BCUT2D eigenvalue weighted by Gasteiger charge is 2.30. The molecule has 0 spiro atoms. The summed E-state index contributed by atoms with van der Waals surface area (Å²) >= 11 is 0. The van der Waals surface area contributed by atoms with E-state index >= 15 is 0 Å². The zero-order chi connectivity index (χ0) is 15.4. The second-order valence-electron chi connectivity index (χ2n) is 6.35. The van der Waals surface area contributed by atoms with E-state index in [0.29, 0.717) is 38.4 Å². The molecule has 1 aliphatic carbocycles. The van der Waals surface area contributed by atoms with Gasteiger partial charge in [-0.15, -0.1) is 0 Å². The largest absolute Gasteiger partial charge is 0.393 e. The Kier molecular flexibility index (Phi) is 5.55. The van der Waals surface area contributed by atoms with Gasteiger partial charge in [0.05, 0.1) is 12.6 Å². The number of carbonyl (C=O) groups is 2. The van der Waals surface area contributed by atoms with Gasteiger partial charge in [0.15, 0.2) is 0 Å². The van der Waals surface area contributed by atoms with Gasteiger partial charge < -0.3 is 10.0 Å². The molecule has 120 valence electrons. The Balaban J connectivity index is 1.68. The summed E-state index contributed by atoms with van der Waals surface area (Å²) in [5.41, 5.74) is 2.18. The van der Waals surface area contributed by atoms with E-state index in [4.69, 9.17) is 5.84 Å². The first-order valence-electron chi connectivity index (χ1n) is 7.64. The molecule has 0 unspecified atom stereocenters. The second-order valence-corrected chi connectivity index (χ2v) is 6.35. The normalized spacial score (nSPS) is 26.6. The molecule has 2 rings (SSSR count). The summed E-state index contributed by atoms with van der Waals surface area (Å²) in [6.45, 7) is 2.50. The number of nitrogens with two attached hydrogens (primary N) is 1. The minimum atomic E-state index is -0.146. The van der Waals surface area contributed by atoms with Crippen LogP contribution in [0.3, 0.4) is 0 Å². The van der Waals surface area contributed by atoms with Crippen molar-refractivity contribution in [3.8, 4) is 0 Å². The highest BCUT2D eigenvalue weighted by Crippen LogP contribution is 2.27. The molecule has 4 N–H and O–H groups in total. The van der Waals surface area contributed by atoms with Crippen molar-refractivity contribution in [3.63, 3.8) is 0 Å². The third-order valence-corrected chi connectivity index (χ3v) is 4.55. The highest BCUT2D eigenvalue weighted by molar-refractivity contribution is 5.80. The van der Waals surface area contributed by atoms with E-state index in [1.807, 2.05) is 16.8 Å². The Hall–Kier alpha value is -1.18. The van der Waals surface area contributed by atoms with Crippen molar-refractivity contribution in [1.29, 1.82) is 0 Å². The van der Waals surface area contributed by atoms with Gasteiger partial charge in [0.25, 0.3) is 0 Å². The zero-order valence-electron chi connectivity index (χ0n) is 12.6. The molecule has 0 aromatic carbocycles. The maximum atomic E-state index is 12.2. The lowest BCUT2D eigenvalue weighted by atomic mass is 9.82. The quantitative estimate of drug-likeness (QED) is 0.340. The molecular formula is C14H26N4O3. The number of nitrogens with zero attached hydrogens (tertiary/aromatic N) is 2. The Labute approximate surface area is 125 Å². The molecule has 7 nitrogen and oxygen atoms in total. The lowest BCUT2D eigenvalue weighted by Gasteiger charge is -2.36. The standard InChI is InChI=1S/C14H26N4O3/c1-17(8-10-6-12(19)7-10)9-13(20)18-4-2-11(3-5-18)14(21)16-15/h10-12,19H,2-9,15H2,1H3,(H,16,21). The van der Waals surface area contributed by atoms with Gasteiger partial charge in [-0.3, -0.25) is 19.9 Å². The van der Waals surface area contributed by atoms with E-state index in [0.717, 1.165) is 19.4 Å². The van der Waals surface area contributed by atoms with Gasteiger partial charge in [-0.05, 0) is 38.6 Å². The summed E-state index contributed by atoms with van der Waals surface area (Å²) in [7, 11) is 1.94. The molecule has 2 fully saturated rings.